The van der Waals surface area contributed by atoms with Crippen LogP contribution in [0.15, 0.2) is 0 Å². The quantitative estimate of drug-likeness (QED) is 0.0683. The summed E-state index contributed by atoms with van der Waals surface area (Å²) in [4.78, 5) is 23.3. The molecular formula is C31H60O9. The van der Waals surface area contributed by atoms with E-state index in [9.17, 15) is 9.59 Å². The van der Waals surface area contributed by atoms with Crippen LogP contribution in [0.2, 0.25) is 0 Å². The van der Waals surface area contributed by atoms with Crippen molar-refractivity contribution < 1.29 is 42.7 Å². The molecule has 0 spiro atoms. The fraction of sp³-hybridized carbons (Fsp3) is 0.935. The largest absolute Gasteiger partial charge is 0.463 e. The van der Waals surface area contributed by atoms with Crippen LogP contribution in [0, 0.1) is 0 Å². The molecule has 0 amide bonds. The van der Waals surface area contributed by atoms with E-state index in [0.717, 1.165) is 25.7 Å². The number of hydrogen-bond donors (Lipinski definition) is 0. The number of carbonyl (C=O) groups is 2. The summed E-state index contributed by atoms with van der Waals surface area (Å²) in [6.07, 6.45) is 16.2. The van der Waals surface area contributed by atoms with Gasteiger partial charge < -0.3 is 33.2 Å². The SMILES string of the molecule is CCCCCCCCCC(=O)OCCOCCOCCOCCOCCOCCOC(=O)CCCCCCCC. The molecule has 0 heterocycles. The summed E-state index contributed by atoms with van der Waals surface area (Å²) in [6, 6.07) is 0. The molecule has 40 heavy (non-hydrogen) atoms. The molecule has 0 rings (SSSR count). The highest BCUT2D eigenvalue weighted by Gasteiger charge is 2.04. The molecule has 0 saturated carbocycles. The standard InChI is InChI=1S/C31H60O9/c1-3-5-7-9-11-13-15-17-31(33)40-29-27-38-25-23-36-21-19-34-18-20-35-22-24-37-26-28-39-30(32)16-14-12-10-8-6-4-2/h3-29H2,1-2H3. The van der Waals surface area contributed by atoms with E-state index in [1.54, 1.807) is 0 Å². The summed E-state index contributed by atoms with van der Waals surface area (Å²) in [5.74, 6) is -0.283. The number of esters is 2. The maximum absolute atomic E-state index is 11.7. The minimum atomic E-state index is -0.143. The predicted molar refractivity (Wildman–Crippen MR) is 157 cm³/mol. The molecule has 0 fully saturated rings. The molecule has 0 atom stereocenters. The summed E-state index contributed by atoms with van der Waals surface area (Å²) in [5.41, 5.74) is 0. The molecule has 9 nitrogen and oxygen atoms in total. The van der Waals surface area contributed by atoms with E-state index in [1.165, 1.54) is 57.8 Å². The Morgan fingerprint density at radius 1 is 0.350 bits per heavy atom. The summed E-state index contributed by atoms with van der Waals surface area (Å²) in [7, 11) is 0. The van der Waals surface area contributed by atoms with E-state index in [-0.39, 0.29) is 25.2 Å². The van der Waals surface area contributed by atoms with E-state index >= 15 is 0 Å². The third kappa shape index (κ3) is 32.9. The van der Waals surface area contributed by atoms with Crippen LogP contribution in [0.4, 0.5) is 0 Å². The molecule has 0 aliphatic rings. The van der Waals surface area contributed by atoms with Gasteiger partial charge in [0.25, 0.3) is 0 Å². The van der Waals surface area contributed by atoms with Gasteiger partial charge in [-0.25, -0.2) is 0 Å². The van der Waals surface area contributed by atoms with Crippen molar-refractivity contribution in [1.29, 1.82) is 0 Å². The molecule has 0 aliphatic carbocycles. The second kappa shape index (κ2) is 33.9. The Labute approximate surface area is 244 Å². The van der Waals surface area contributed by atoms with Crippen molar-refractivity contribution in [2.24, 2.45) is 0 Å². The van der Waals surface area contributed by atoms with Crippen LogP contribution in [0.5, 0.6) is 0 Å². The van der Waals surface area contributed by atoms with Gasteiger partial charge in [-0.05, 0) is 12.8 Å². The summed E-state index contributed by atoms with van der Waals surface area (Å²) < 4.78 is 37.5. The van der Waals surface area contributed by atoms with Gasteiger partial charge in [-0.2, -0.15) is 0 Å². The number of carbonyl (C=O) groups excluding carboxylic acids is 2. The van der Waals surface area contributed by atoms with Crippen molar-refractivity contribution in [2.75, 3.05) is 79.3 Å². The van der Waals surface area contributed by atoms with Crippen molar-refractivity contribution in [3.8, 4) is 0 Å². The lowest BCUT2D eigenvalue weighted by molar-refractivity contribution is -0.146. The van der Waals surface area contributed by atoms with Crippen molar-refractivity contribution in [3.63, 3.8) is 0 Å². The Morgan fingerprint density at radius 2 is 0.600 bits per heavy atom. The Morgan fingerprint density at radius 3 is 0.900 bits per heavy atom. The van der Waals surface area contributed by atoms with Crippen LogP contribution in [0.25, 0.3) is 0 Å². The number of rotatable bonds is 33. The second-order valence-electron chi connectivity index (χ2n) is 9.89. The Kier molecular flexibility index (Phi) is 32.9. The lowest BCUT2D eigenvalue weighted by Gasteiger charge is -2.08. The summed E-state index contributed by atoms with van der Waals surface area (Å²) in [6.45, 7) is 9.54. The third-order valence-corrected chi connectivity index (χ3v) is 6.19. The zero-order valence-corrected chi connectivity index (χ0v) is 25.8. The molecule has 0 aliphatic heterocycles. The molecule has 0 radical (unpaired) electrons. The third-order valence-electron chi connectivity index (χ3n) is 6.19. The van der Waals surface area contributed by atoms with E-state index in [0.29, 0.717) is 78.9 Å². The Bertz CT molecular complexity index is 531. The Balaban J connectivity index is 3.17. The molecule has 0 saturated heterocycles. The van der Waals surface area contributed by atoms with E-state index in [4.69, 9.17) is 33.2 Å². The fourth-order valence-electron chi connectivity index (χ4n) is 3.83. The first kappa shape index (κ1) is 38.7. The number of hydrogen-bond acceptors (Lipinski definition) is 9. The zero-order valence-electron chi connectivity index (χ0n) is 25.8. The maximum Gasteiger partial charge on any atom is 0.305 e. The van der Waals surface area contributed by atoms with Crippen molar-refractivity contribution in [1.82, 2.24) is 0 Å². The van der Waals surface area contributed by atoms with Crippen LogP contribution >= 0.6 is 0 Å². The van der Waals surface area contributed by atoms with Gasteiger partial charge in [0.1, 0.15) is 13.2 Å². The lowest BCUT2D eigenvalue weighted by atomic mass is 10.1. The molecule has 0 N–H and O–H groups in total. The van der Waals surface area contributed by atoms with Crippen LogP contribution in [-0.4, -0.2) is 91.2 Å². The average molecular weight is 577 g/mol. The first-order valence-corrected chi connectivity index (χ1v) is 15.9. The molecule has 9 heteroatoms. The van der Waals surface area contributed by atoms with Gasteiger partial charge in [0.05, 0.1) is 66.1 Å². The number of ether oxygens (including phenoxy) is 7. The first-order chi connectivity index (χ1) is 19.7. The van der Waals surface area contributed by atoms with Gasteiger partial charge in [0.2, 0.25) is 0 Å². The lowest BCUT2D eigenvalue weighted by Crippen LogP contribution is -2.15. The van der Waals surface area contributed by atoms with E-state index in [1.807, 2.05) is 0 Å². The monoisotopic (exact) mass is 576 g/mol. The first-order valence-electron chi connectivity index (χ1n) is 15.9. The molecule has 0 bridgehead atoms. The van der Waals surface area contributed by atoms with Crippen LogP contribution in [-0.2, 0) is 42.7 Å². The smallest absolute Gasteiger partial charge is 0.305 e. The molecule has 0 aromatic rings. The molecular weight excluding hydrogens is 516 g/mol. The second-order valence-corrected chi connectivity index (χ2v) is 9.89. The maximum atomic E-state index is 11.7. The van der Waals surface area contributed by atoms with Gasteiger partial charge in [0.15, 0.2) is 0 Å². The Hall–Kier alpha value is -1.26. The van der Waals surface area contributed by atoms with Gasteiger partial charge in [-0.3, -0.25) is 9.59 Å². The van der Waals surface area contributed by atoms with E-state index in [2.05, 4.69) is 13.8 Å². The molecule has 0 aromatic heterocycles. The summed E-state index contributed by atoms with van der Waals surface area (Å²) >= 11 is 0. The molecule has 0 aromatic carbocycles. The fourth-order valence-corrected chi connectivity index (χ4v) is 3.83. The van der Waals surface area contributed by atoms with Crippen LogP contribution in [0.1, 0.15) is 110 Å². The summed E-state index contributed by atoms with van der Waals surface area (Å²) in [5, 5.41) is 0. The van der Waals surface area contributed by atoms with Gasteiger partial charge in [0, 0.05) is 12.8 Å². The normalized spacial score (nSPS) is 11.2. The van der Waals surface area contributed by atoms with E-state index < -0.39 is 0 Å². The van der Waals surface area contributed by atoms with Crippen molar-refractivity contribution >= 4 is 11.9 Å². The van der Waals surface area contributed by atoms with Crippen molar-refractivity contribution in [3.05, 3.63) is 0 Å². The van der Waals surface area contributed by atoms with Crippen molar-refractivity contribution in [2.45, 2.75) is 110 Å². The topological polar surface area (TPSA) is 98.8 Å². The predicted octanol–water partition coefficient (Wildman–Crippen LogP) is 6.05. The minimum Gasteiger partial charge on any atom is -0.463 e. The van der Waals surface area contributed by atoms with Gasteiger partial charge >= 0.3 is 11.9 Å². The minimum absolute atomic E-state index is 0.140. The van der Waals surface area contributed by atoms with Gasteiger partial charge in [-0.1, -0.05) is 84.5 Å². The van der Waals surface area contributed by atoms with Crippen LogP contribution in [0.3, 0.4) is 0 Å². The van der Waals surface area contributed by atoms with Gasteiger partial charge in [-0.15, -0.1) is 0 Å². The average Bonchev–Trinajstić information content (AvgIpc) is 2.95. The highest BCUT2D eigenvalue weighted by molar-refractivity contribution is 5.69. The number of unbranched alkanes of at least 4 members (excludes halogenated alkanes) is 11. The van der Waals surface area contributed by atoms with Crippen LogP contribution < -0.4 is 0 Å². The molecule has 0 unspecified atom stereocenters. The zero-order chi connectivity index (χ0) is 29.2. The highest BCUT2D eigenvalue weighted by atomic mass is 16.6. The highest BCUT2D eigenvalue weighted by Crippen LogP contribution is 2.09. The molecule has 238 valence electrons.